The van der Waals surface area contributed by atoms with Gasteiger partial charge in [0.15, 0.2) is 0 Å². The number of aromatic nitrogens is 2. The molecule has 1 unspecified atom stereocenters. The molecule has 20 heavy (non-hydrogen) atoms. The predicted molar refractivity (Wildman–Crippen MR) is 81.7 cm³/mol. The third kappa shape index (κ3) is 2.24. The van der Waals surface area contributed by atoms with Gasteiger partial charge in [-0.2, -0.15) is 5.10 Å². The summed E-state index contributed by atoms with van der Waals surface area (Å²) in [4.78, 5) is 0. The highest BCUT2D eigenvalue weighted by Crippen LogP contribution is 2.41. The SMILES string of the molecule is CCn1nc(CC(O)C2(C)CCCC2)c2ccccc21. The van der Waals surface area contributed by atoms with Gasteiger partial charge in [0.2, 0.25) is 0 Å². The Bertz CT molecular complexity index is 596. The number of benzene rings is 1. The van der Waals surface area contributed by atoms with Crippen molar-refractivity contribution in [3.63, 3.8) is 0 Å². The number of rotatable bonds is 4. The first-order valence-corrected chi connectivity index (χ1v) is 7.76. The summed E-state index contributed by atoms with van der Waals surface area (Å²) in [5.41, 5.74) is 2.30. The maximum atomic E-state index is 10.7. The second-order valence-electron chi connectivity index (χ2n) is 6.36. The molecule has 1 aliphatic carbocycles. The molecule has 2 aromatic rings. The first kappa shape index (κ1) is 13.6. The van der Waals surface area contributed by atoms with Crippen LogP contribution in [0.3, 0.4) is 0 Å². The molecule has 3 heteroatoms. The lowest BCUT2D eigenvalue weighted by Crippen LogP contribution is -2.31. The lowest BCUT2D eigenvalue weighted by atomic mass is 9.80. The number of aliphatic hydroxyl groups excluding tert-OH is 1. The van der Waals surface area contributed by atoms with Gasteiger partial charge in [0, 0.05) is 18.4 Å². The standard InChI is InChI=1S/C17H24N2O/c1-3-19-15-9-5-4-8-13(15)14(18-19)12-16(20)17(2)10-6-7-11-17/h4-5,8-9,16,20H,3,6-7,10-12H2,1-2H3. The van der Waals surface area contributed by atoms with Gasteiger partial charge < -0.3 is 5.11 Å². The van der Waals surface area contributed by atoms with E-state index in [4.69, 9.17) is 5.10 Å². The molecular weight excluding hydrogens is 248 g/mol. The van der Waals surface area contributed by atoms with Crippen LogP contribution in [0, 0.1) is 5.41 Å². The van der Waals surface area contributed by atoms with Crippen molar-refractivity contribution in [1.29, 1.82) is 0 Å². The van der Waals surface area contributed by atoms with E-state index in [-0.39, 0.29) is 11.5 Å². The van der Waals surface area contributed by atoms with Crippen LogP contribution in [0.25, 0.3) is 10.9 Å². The monoisotopic (exact) mass is 272 g/mol. The molecule has 1 heterocycles. The van der Waals surface area contributed by atoms with Gasteiger partial charge in [-0.05, 0) is 31.2 Å². The van der Waals surface area contributed by atoms with Gasteiger partial charge in [0.05, 0.1) is 17.3 Å². The van der Waals surface area contributed by atoms with Gasteiger partial charge >= 0.3 is 0 Å². The van der Waals surface area contributed by atoms with Crippen LogP contribution in [0.2, 0.25) is 0 Å². The smallest absolute Gasteiger partial charge is 0.0729 e. The van der Waals surface area contributed by atoms with Crippen LogP contribution >= 0.6 is 0 Å². The summed E-state index contributed by atoms with van der Waals surface area (Å²) < 4.78 is 2.04. The molecule has 1 fully saturated rings. The first-order chi connectivity index (χ1) is 9.64. The number of nitrogens with zero attached hydrogens (tertiary/aromatic N) is 2. The van der Waals surface area contributed by atoms with Gasteiger partial charge in [-0.3, -0.25) is 4.68 Å². The number of aryl methyl sites for hydroxylation is 1. The molecule has 1 aliphatic rings. The van der Waals surface area contributed by atoms with E-state index in [1.54, 1.807) is 0 Å². The zero-order valence-electron chi connectivity index (χ0n) is 12.5. The van der Waals surface area contributed by atoms with Gasteiger partial charge in [-0.15, -0.1) is 0 Å². The fourth-order valence-electron chi connectivity index (χ4n) is 3.53. The second kappa shape index (κ2) is 5.21. The lowest BCUT2D eigenvalue weighted by Gasteiger charge is -2.29. The zero-order chi connectivity index (χ0) is 14.2. The Balaban J connectivity index is 1.91. The molecule has 0 spiro atoms. The third-order valence-corrected chi connectivity index (χ3v) is 4.97. The molecule has 0 saturated heterocycles. The van der Waals surface area contributed by atoms with Crippen molar-refractivity contribution in [1.82, 2.24) is 9.78 Å². The first-order valence-electron chi connectivity index (χ1n) is 7.76. The molecule has 1 aromatic carbocycles. The number of hydrogen-bond donors (Lipinski definition) is 1. The molecule has 1 N–H and O–H groups in total. The summed E-state index contributed by atoms with van der Waals surface area (Å²) in [5, 5.41) is 16.6. The van der Waals surface area contributed by atoms with Crippen LogP contribution in [0.1, 0.15) is 45.2 Å². The molecule has 1 aromatic heterocycles. The van der Waals surface area contributed by atoms with Crippen molar-refractivity contribution in [2.45, 2.75) is 58.6 Å². The molecule has 0 bridgehead atoms. The quantitative estimate of drug-likeness (QED) is 0.924. The summed E-state index contributed by atoms with van der Waals surface area (Å²) in [6, 6.07) is 8.33. The van der Waals surface area contributed by atoms with Crippen LogP contribution in [-0.2, 0) is 13.0 Å². The highest BCUT2D eigenvalue weighted by atomic mass is 16.3. The molecule has 1 atom stereocenters. The molecule has 1 saturated carbocycles. The third-order valence-electron chi connectivity index (χ3n) is 4.97. The second-order valence-corrected chi connectivity index (χ2v) is 6.36. The summed E-state index contributed by atoms with van der Waals surface area (Å²) in [6.07, 6.45) is 5.16. The van der Waals surface area contributed by atoms with E-state index < -0.39 is 0 Å². The van der Waals surface area contributed by atoms with Crippen LogP contribution in [0.15, 0.2) is 24.3 Å². The normalized spacial score (nSPS) is 19.6. The van der Waals surface area contributed by atoms with Crippen molar-refractivity contribution < 1.29 is 5.11 Å². The van der Waals surface area contributed by atoms with Crippen LogP contribution in [0.4, 0.5) is 0 Å². The molecule has 108 valence electrons. The predicted octanol–water partition coefficient (Wildman–Crippen LogP) is 3.54. The molecular formula is C17H24N2O. The molecule has 3 rings (SSSR count). The Morgan fingerprint density at radius 3 is 2.70 bits per heavy atom. The summed E-state index contributed by atoms with van der Waals surface area (Å²) in [6.45, 7) is 5.20. The Kier molecular flexibility index (Phi) is 3.55. The Hall–Kier alpha value is -1.35. The highest BCUT2D eigenvalue weighted by molar-refractivity contribution is 5.82. The average Bonchev–Trinajstić information content (AvgIpc) is 3.05. The van der Waals surface area contributed by atoms with Crippen LogP contribution < -0.4 is 0 Å². The topological polar surface area (TPSA) is 38.0 Å². The van der Waals surface area contributed by atoms with Crippen LogP contribution in [-0.4, -0.2) is 21.0 Å². The summed E-state index contributed by atoms with van der Waals surface area (Å²) >= 11 is 0. The van der Waals surface area contributed by atoms with Gasteiger partial charge in [-0.25, -0.2) is 0 Å². The fourth-order valence-corrected chi connectivity index (χ4v) is 3.53. The van der Waals surface area contributed by atoms with E-state index >= 15 is 0 Å². The molecule has 3 nitrogen and oxygen atoms in total. The summed E-state index contributed by atoms with van der Waals surface area (Å²) in [5.74, 6) is 0. The number of fused-ring (bicyclic) bond motifs is 1. The maximum Gasteiger partial charge on any atom is 0.0729 e. The van der Waals surface area contributed by atoms with Crippen molar-refractivity contribution in [2.24, 2.45) is 5.41 Å². The number of aliphatic hydroxyl groups is 1. The minimum Gasteiger partial charge on any atom is -0.392 e. The van der Waals surface area contributed by atoms with E-state index in [2.05, 4.69) is 38.1 Å². The highest BCUT2D eigenvalue weighted by Gasteiger charge is 2.36. The zero-order valence-corrected chi connectivity index (χ0v) is 12.5. The Morgan fingerprint density at radius 1 is 1.30 bits per heavy atom. The largest absolute Gasteiger partial charge is 0.392 e. The van der Waals surface area contributed by atoms with Gasteiger partial charge in [-0.1, -0.05) is 38.0 Å². The number of hydrogen-bond acceptors (Lipinski definition) is 2. The van der Waals surface area contributed by atoms with E-state index in [1.165, 1.54) is 23.7 Å². The van der Waals surface area contributed by atoms with Crippen molar-refractivity contribution >= 4 is 10.9 Å². The minimum absolute atomic E-state index is 0.0805. The number of para-hydroxylation sites is 1. The molecule has 0 radical (unpaired) electrons. The van der Waals surface area contributed by atoms with Crippen molar-refractivity contribution in [2.75, 3.05) is 0 Å². The van der Waals surface area contributed by atoms with Crippen molar-refractivity contribution in [3.8, 4) is 0 Å². The van der Waals surface area contributed by atoms with E-state index in [9.17, 15) is 5.11 Å². The average molecular weight is 272 g/mol. The molecule has 0 aliphatic heterocycles. The van der Waals surface area contributed by atoms with Crippen molar-refractivity contribution in [3.05, 3.63) is 30.0 Å². The summed E-state index contributed by atoms with van der Waals surface area (Å²) in [7, 11) is 0. The Labute approximate surface area is 120 Å². The Morgan fingerprint density at radius 2 is 2.00 bits per heavy atom. The van der Waals surface area contributed by atoms with Crippen LogP contribution in [0.5, 0.6) is 0 Å². The lowest BCUT2D eigenvalue weighted by molar-refractivity contribution is 0.0417. The van der Waals surface area contributed by atoms with E-state index in [1.807, 2.05) is 4.68 Å². The maximum absolute atomic E-state index is 10.7. The van der Waals surface area contributed by atoms with Gasteiger partial charge in [0.25, 0.3) is 0 Å². The van der Waals surface area contributed by atoms with E-state index in [0.717, 1.165) is 25.1 Å². The molecule has 0 amide bonds. The van der Waals surface area contributed by atoms with Gasteiger partial charge in [0.1, 0.15) is 0 Å². The fraction of sp³-hybridized carbons (Fsp3) is 0.588. The van der Waals surface area contributed by atoms with E-state index in [0.29, 0.717) is 6.42 Å². The minimum atomic E-state index is -0.284.